The fourth-order valence-electron chi connectivity index (χ4n) is 4.05. The quantitative estimate of drug-likeness (QED) is 0.328. The van der Waals surface area contributed by atoms with Gasteiger partial charge in [0.2, 0.25) is 0 Å². The number of amides is 2. The summed E-state index contributed by atoms with van der Waals surface area (Å²) in [5.74, 6) is -0.543. The molecule has 0 spiro atoms. The molecule has 0 unspecified atom stereocenters. The molecule has 1 aliphatic carbocycles. The predicted molar refractivity (Wildman–Crippen MR) is 101 cm³/mol. The molecule has 9 nitrogen and oxygen atoms in total. The highest BCUT2D eigenvalue weighted by Gasteiger charge is 2.75. The molecular formula is C18H29FN4O5. The molecule has 0 aromatic heterocycles. The molecule has 2 amide bonds. The number of benzene rings is 1. The van der Waals surface area contributed by atoms with E-state index in [0.29, 0.717) is 0 Å². The summed E-state index contributed by atoms with van der Waals surface area (Å²) in [6.45, 7) is 1.55. The molecule has 6 atom stereocenters. The lowest BCUT2D eigenvalue weighted by molar-refractivity contribution is -0.185. The molecule has 1 aromatic rings. The van der Waals surface area contributed by atoms with Crippen LogP contribution in [0.2, 0.25) is 0 Å². The number of aliphatic hydroxyl groups excluding tert-OH is 2. The number of hydrogen-bond donors (Lipinski definition) is 7. The van der Waals surface area contributed by atoms with Gasteiger partial charge in [-0.2, -0.15) is 0 Å². The van der Waals surface area contributed by atoms with Gasteiger partial charge in [-0.15, -0.1) is 0 Å². The maximum atomic E-state index is 13.6. The zero-order valence-electron chi connectivity index (χ0n) is 16.3. The molecular weight excluding hydrogens is 371 g/mol. The molecule has 1 saturated carbocycles. The van der Waals surface area contributed by atoms with E-state index >= 15 is 0 Å². The molecule has 28 heavy (non-hydrogen) atoms. The number of hydrogen-bond acceptors (Lipinski definition) is 7. The molecule has 158 valence electrons. The van der Waals surface area contributed by atoms with Gasteiger partial charge < -0.3 is 41.7 Å². The third-order valence-electron chi connectivity index (χ3n) is 5.81. The van der Waals surface area contributed by atoms with Gasteiger partial charge in [-0.3, -0.25) is 0 Å². The zero-order valence-corrected chi connectivity index (χ0v) is 16.3. The number of aliphatic hydroxyl groups is 4. The minimum atomic E-state index is -2.28. The summed E-state index contributed by atoms with van der Waals surface area (Å²) >= 11 is 0. The number of rotatable bonds is 5. The van der Waals surface area contributed by atoms with Crippen molar-refractivity contribution in [3.05, 3.63) is 30.1 Å². The standard InChI is InChI=1S/C18H29FN4O5/c1-10(25)18(22-15(26)23(3)4)13(20)14(17(28,9-24)16(18,2)27)21-12-7-5-6-11(19)8-12/h5-8,10,13-14,21,24-25,27-28H,9,20H2,1-4H3,(H,22,26)/t10-,13-,14-,16-,17+,18-/m0/s1. The molecule has 0 bridgehead atoms. The number of halogens is 1. The first-order valence-corrected chi connectivity index (χ1v) is 8.86. The highest BCUT2D eigenvalue weighted by molar-refractivity contribution is 5.75. The Balaban J connectivity index is 2.59. The number of anilines is 1. The minimum Gasteiger partial charge on any atom is -0.393 e. The normalized spacial score (nSPS) is 36.1. The summed E-state index contributed by atoms with van der Waals surface area (Å²) in [6.07, 6.45) is -1.42. The largest absolute Gasteiger partial charge is 0.393 e. The van der Waals surface area contributed by atoms with E-state index in [1.807, 2.05) is 0 Å². The summed E-state index contributed by atoms with van der Waals surface area (Å²) in [5.41, 5.74) is 0.0980. The molecule has 8 N–H and O–H groups in total. The molecule has 10 heteroatoms. The summed E-state index contributed by atoms with van der Waals surface area (Å²) in [7, 11) is 2.92. The van der Waals surface area contributed by atoms with Gasteiger partial charge in [0.1, 0.15) is 22.6 Å². The van der Waals surface area contributed by atoms with Crippen molar-refractivity contribution in [2.24, 2.45) is 5.73 Å². The third-order valence-corrected chi connectivity index (χ3v) is 5.81. The Labute approximate surface area is 163 Å². The van der Waals surface area contributed by atoms with E-state index in [1.165, 1.54) is 51.0 Å². The van der Waals surface area contributed by atoms with Crippen LogP contribution in [0.5, 0.6) is 0 Å². The van der Waals surface area contributed by atoms with Crippen molar-refractivity contribution in [2.45, 2.75) is 48.8 Å². The lowest BCUT2D eigenvalue weighted by atomic mass is 9.73. The number of carbonyl (C=O) groups excluding carboxylic acids is 1. The van der Waals surface area contributed by atoms with E-state index in [2.05, 4.69) is 10.6 Å². The van der Waals surface area contributed by atoms with Crippen molar-refractivity contribution in [3.8, 4) is 0 Å². The topological polar surface area (TPSA) is 151 Å². The summed E-state index contributed by atoms with van der Waals surface area (Å²) in [6, 6.07) is 2.15. The van der Waals surface area contributed by atoms with Crippen molar-refractivity contribution in [3.63, 3.8) is 0 Å². The second-order valence-electron chi connectivity index (χ2n) is 7.68. The number of nitrogens with two attached hydrogens (primary N) is 1. The van der Waals surface area contributed by atoms with Crippen LogP contribution in [-0.2, 0) is 0 Å². The maximum Gasteiger partial charge on any atom is 0.317 e. The fraction of sp³-hybridized carbons (Fsp3) is 0.611. The highest BCUT2D eigenvalue weighted by atomic mass is 19.1. The van der Waals surface area contributed by atoms with Gasteiger partial charge in [-0.1, -0.05) is 6.07 Å². The highest BCUT2D eigenvalue weighted by Crippen LogP contribution is 2.48. The molecule has 1 aliphatic rings. The van der Waals surface area contributed by atoms with Crippen molar-refractivity contribution >= 4 is 11.7 Å². The summed E-state index contributed by atoms with van der Waals surface area (Å²) in [4.78, 5) is 13.6. The first-order valence-electron chi connectivity index (χ1n) is 8.86. The van der Waals surface area contributed by atoms with E-state index in [-0.39, 0.29) is 5.69 Å². The number of nitrogens with zero attached hydrogens (tertiary/aromatic N) is 1. The second kappa shape index (κ2) is 7.45. The van der Waals surface area contributed by atoms with Crippen LogP contribution in [-0.4, -0.2) is 87.0 Å². The Morgan fingerprint density at radius 2 is 2.00 bits per heavy atom. The van der Waals surface area contributed by atoms with E-state index in [9.17, 15) is 29.6 Å². The van der Waals surface area contributed by atoms with Crippen LogP contribution in [0.1, 0.15) is 13.8 Å². The molecule has 0 heterocycles. The van der Waals surface area contributed by atoms with Crippen LogP contribution < -0.4 is 16.4 Å². The number of urea groups is 1. The molecule has 1 fully saturated rings. The van der Waals surface area contributed by atoms with E-state index in [4.69, 9.17) is 5.73 Å². The predicted octanol–water partition coefficient (Wildman–Crippen LogP) is -1.19. The third kappa shape index (κ3) is 3.11. The molecule has 2 rings (SSSR count). The van der Waals surface area contributed by atoms with Crippen LogP contribution in [0.4, 0.5) is 14.9 Å². The van der Waals surface area contributed by atoms with E-state index in [0.717, 1.165) is 6.07 Å². The Bertz CT molecular complexity index is 732. The SMILES string of the molecule is C[C@H](O)[C@]1(NC(=O)N(C)C)[C@@H](N)[C@H](Nc2cccc(F)c2)[C@](O)(CO)[C@]1(C)O. The molecule has 0 radical (unpaired) electrons. The van der Waals surface area contributed by atoms with E-state index in [1.54, 1.807) is 0 Å². The van der Waals surface area contributed by atoms with E-state index < -0.39 is 53.4 Å². The van der Waals surface area contributed by atoms with Crippen molar-refractivity contribution in [2.75, 3.05) is 26.0 Å². The smallest absolute Gasteiger partial charge is 0.317 e. The lowest BCUT2D eigenvalue weighted by Crippen LogP contribution is -2.76. The van der Waals surface area contributed by atoms with Gasteiger partial charge >= 0.3 is 6.03 Å². The van der Waals surface area contributed by atoms with Crippen molar-refractivity contribution in [1.29, 1.82) is 0 Å². The Morgan fingerprint density at radius 3 is 2.46 bits per heavy atom. The minimum absolute atomic E-state index is 0.239. The Hall–Kier alpha value is -1.98. The van der Waals surface area contributed by atoms with Crippen LogP contribution in [0.3, 0.4) is 0 Å². The van der Waals surface area contributed by atoms with Crippen LogP contribution in [0, 0.1) is 5.82 Å². The van der Waals surface area contributed by atoms with Crippen LogP contribution in [0.15, 0.2) is 24.3 Å². The van der Waals surface area contributed by atoms with Gasteiger partial charge in [0.15, 0.2) is 0 Å². The lowest BCUT2D eigenvalue weighted by Gasteiger charge is -2.48. The average Bonchev–Trinajstić information content (AvgIpc) is 2.72. The van der Waals surface area contributed by atoms with Gasteiger partial charge in [0.25, 0.3) is 0 Å². The Morgan fingerprint density at radius 1 is 1.39 bits per heavy atom. The maximum absolute atomic E-state index is 13.6. The van der Waals surface area contributed by atoms with Crippen molar-refractivity contribution in [1.82, 2.24) is 10.2 Å². The first kappa shape index (κ1) is 22.3. The second-order valence-corrected chi connectivity index (χ2v) is 7.68. The van der Waals surface area contributed by atoms with Crippen molar-refractivity contribution < 1.29 is 29.6 Å². The monoisotopic (exact) mass is 400 g/mol. The summed E-state index contributed by atoms with van der Waals surface area (Å²) < 4.78 is 13.6. The first-order chi connectivity index (χ1) is 12.8. The molecule has 0 saturated heterocycles. The van der Waals surface area contributed by atoms with Gasteiger partial charge in [-0.25, -0.2) is 9.18 Å². The average molecular weight is 400 g/mol. The molecule has 0 aliphatic heterocycles. The van der Waals surface area contributed by atoms with Crippen LogP contribution >= 0.6 is 0 Å². The summed E-state index contributed by atoms with van der Waals surface area (Å²) in [5, 5.41) is 48.4. The van der Waals surface area contributed by atoms with Crippen LogP contribution in [0.25, 0.3) is 0 Å². The molecule has 1 aromatic carbocycles. The Kier molecular flexibility index (Phi) is 5.94. The zero-order chi connectivity index (χ0) is 21.5. The van der Waals surface area contributed by atoms with Gasteiger partial charge in [0, 0.05) is 19.8 Å². The van der Waals surface area contributed by atoms with Gasteiger partial charge in [-0.05, 0) is 32.0 Å². The fourth-order valence-corrected chi connectivity index (χ4v) is 4.05. The van der Waals surface area contributed by atoms with Gasteiger partial charge in [0.05, 0.1) is 24.8 Å². The number of carbonyl (C=O) groups is 1. The number of nitrogens with one attached hydrogen (secondary N) is 2.